The van der Waals surface area contributed by atoms with Gasteiger partial charge in [-0.2, -0.15) is 0 Å². The number of hydrogen-bond acceptors (Lipinski definition) is 1. The van der Waals surface area contributed by atoms with Gasteiger partial charge < -0.3 is 5.73 Å². The first-order chi connectivity index (χ1) is 8.52. The van der Waals surface area contributed by atoms with E-state index in [4.69, 9.17) is 5.73 Å². The maximum absolute atomic E-state index is 5.69. The van der Waals surface area contributed by atoms with E-state index in [2.05, 4.69) is 40.7 Å². The summed E-state index contributed by atoms with van der Waals surface area (Å²) in [6.45, 7) is 12.1. The minimum absolute atomic E-state index is 0.692. The highest BCUT2D eigenvalue weighted by Crippen LogP contribution is 2.34. The second kappa shape index (κ2) is 6.94. The lowest BCUT2D eigenvalue weighted by atomic mass is 9.81. The molecule has 1 aromatic carbocycles. The van der Waals surface area contributed by atoms with Crippen LogP contribution in [0.5, 0.6) is 0 Å². The molecule has 1 heteroatoms. The third-order valence-corrected chi connectivity index (χ3v) is 4.23. The molecule has 18 heavy (non-hydrogen) atoms. The predicted octanol–water partition coefficient (Wildman–Crippen LogP) is 4.54. The second-order valence-corrected chi connectivity index (χ2v) is 5.59. The molecule has 1 unspecified atom stereocenters. The number of aryl methyl sites for hydroxylation is 2. The summed E-state index contributed by atoms with van der Waals surface area (Å²) in [5.41, 5.74) is 13.1. The molecule has 0 amide bonds. The average Bonchev–Trinajstić information content (AvgIpc) is 2.33. The number of benzene rings is 1. The number of hydrogen-bond donors (Lipinski definition) is 1. The molecule has 0 aromatic heterocycles. The van der Waals surface area contributed by atoms with Crippen LogP contribution in [0.25, 0.3) is 0 Å². The molecule has 1 aromatic rings. The van der Waals surface area contributed by atoms with E-state index in [1.54, 1.807) is 5.56 Å². The third-order valence-electron chi connectivity index (χ3n) is 4.23. The van der Waals surface area contributed by atoms with Gasteiger partial charge in [-0.25, -0.2) is 0 Å². The quantitative estimate of drug-likeness (QED) is 0.784. The van der Waals surface area contributed by atoms with Crippen molar-refractivity contribution in [2.45, 2.75) is 66.2 Å². The van der Waals surface area contributed by atoms with E-state index in [0.29, 0.717) is 5.92 Å². The molecule has 1 nitrogen and oxygen atoms in total. The van der Waals surface area contributed by atoms with Crippen molar-refractivity contribution in [3.05, 3.63) is 33.9 Å². The Morgan fingerprint density at radius 2 is 1.56 bits per heavy atom. The Hall–Kier alpha value is -0.820. The highest BCUT2D eigenvalue weighted by Gasteiger charge is 2.17. The normalized spacial score (nSPS) is 12.8. The maximum Gasteiger partial charge on any atom is -0.00771 e. The summed E-state index contributed by atoms with van der Waals surface area (Å²) in [5, 5.41) is 0. The Kier molecular flexibility index (Phi) is 5.87. The molecule has 0 heterocycles. The van der Waals surface area contributed by atoms with E-state index in [1.165, 1.54) is 41.5 Å². The SMILES string of the molecule is CCCC(CCCN)c1c(C)c(C)cc(C)c1C. The Morgan fingerprint density at radius 1 is 1.00 bits per heavy atom. The Labute approximate surface area is 113 Å². The van der Waals surface area contributed by atoms with Crippen LogP contribution >= 0.6 is 0 Å². The zero-order valence-corrected chi connectivity index (χ0v) is 12.8. The predicted molar refractivity (Wildman–Crippen MR) is 81.3 cm³/mol. The summed E-state index contributed by atoms with van der Waals surface area (Å²) in [4.78, 5) is 0. The zero-order chi connectivity index (χ0) is 13.7. The largest absolute Gasteiger partial charge is 0.330 e. The minimum atomic E-state index is 0.692. The van der Waals surface area contributed by atoms with E-state index in [9.17, 15) is 0 Å². The minimum Gasteiger partial charge on any atom is -0.330 e. The maximum atomic E-state index is 5.69. The van der Waals surface area contributed by atoms with Gasteiger partial charge in [0.25, 0.3) is 0 Å². The highest BCUT2D eigenvalue weighted by molar-refractivity contribution is 5.45. The van der Waals surface area contributed by atoms with E-state index in [1.807, 2.05) is 0 Å². The molecule has 0 fully saturated rings. The van der Waals surface area contributed by atoms with Gasteiger partial charge in [0.2, 0.25) is 0 Å². The summed E-state index contributed by atoms with van der Waals surface area (Å²) in [5.74, 6) is 0.692. The van der Waals surface area contributed by atoms with Gasteiger partial charge in [-0.1, -0.05) is 19.4 Å². The lowest BCUT2D eigenvalue weighted by molar-refractivity contribution is 0.545. The Balaban J connectivity index is 3.17. The van der Waals surface area contributed by atoms with Crippen LogP contribution in [0.4, 0.5) is 0 Å². The van der Waals surface area contributed by atoms with Crippen molar-refractivity contribution in [3.8, 4) is 0 Å². The first-order valence-electron chi connectivity index (χ1n) is 7.30. The van der Waals surface area contributed by atoms with Crippen LogP contribution in [0, 0.1) is 27.7 Å². The summed E-state index contributed by atoms with van der Waals surface area (Å²) < 4.78 is 0. The van der Waals surface area contributed by atoms with Crippen molar-refractivity contribution >= 4 is 0 Å². The fraction of sp³-hybridized carbons (Fsp3) is 0.647. The van der Waals surface area contributed by atoms with Crippen LogP contribution in [0.2, 0.25) is 0 Å². The van der Waals surface area contributed by atoms with Gasteiger partial charge in [-0.15, -0.1) is 0 Å². The second-order valence-electron chi connectivity index (χ2n) is 5.59. The molecule has 1 rings (SSSR count). The van der Waals surface area contributed by atoms with Gasteiger partial charge in [0, 0.05) is 0 Å². The smallest absolute Gasteiger partial charge is 0.00771 e. The molecule has 102 valence electrons. The fourth-order valence-corrected chi connectivity index (χ4v) is 3.01. The molecule has 0 saturated heterocycles. The van der Waals surface area contributed by atoms with Crippen molar-refractivity contribution in [1.29, 1.82) is 0 Å². The van der Waals surface area contributed by atoms with Gasteiger partial charge in [0.1, 0.15) is 0 Å². The van der Waals surface area contributed by atoms with E-state index >= 15 is 0 Å². The third kappa shape index (κ3) is 3.35. The molecule has 0 aliphatic heterocycles. The monoisotopic (exact) mass is 247 g/mol. The van der Waals surface area contributed by atoms with Crippen molar-refractivity contribution in [1.82, 2.24) is 0 Å². The highest BCUT2D eigenvalue weighted by atomic mass is 14.5. The van der Waals surface area contributed by atoms with E-state index in [-0.39, 0.29) is 0 Å². The Bertz CT molecular complexity index is 367. The number of rotatable bonds is 6. The first kappa shape index (κ1) is 15.2. The van der Waals surface area contributed by atoms with Crippen LogP contribution in [0.15, 0.2) is 6.07 Å². The summed E-state index contributed by atoms with van der Waals surface area (Å²) in [6.07, 6.45) is 4.90. The van der Waals surface area contributed by atoms with Crippen molar-refractivity contribution < 1.29 is 0 Å². The van der Waals surface area contributed by atoms with E-state index < -0.39 is 0 Å². The van der Waals surface area contributed by atoms with Gasteiger partial charge in [0.05, 0.1) is 0 Å². The molecule has 0 radical (unpaired) electrons. The van der Waals surface area contributed by atoms with Crippen LogP contribution in [-0.2, 0) is 0 Å². The molecule has 0 aliphatic carbocycles. The first-order valence-corrected chi connectivity index (χ1v) is 7.30. The Morgan fingerprint density at radius 3 is 2.00 bits per heavy atom. The topological polar surface area (TPSA) is 26.0 Å². The molecular weight excluding hydrogens is 218 g/mol. The zero-order valence-electron chi connectivity index (χ0n) is 12.8. The molecular formula is C17H29N. The molecule has 0 bridgehead atoms. The van der Waals surface area contributed by atoms with Gasteiger partial charge in [0.15, 0.2) is 0 Å². The van der Waals surface area contributed by atoms with Gasteiger partial charge in [-0.05, 0) is 87.2 Å². The standard InChI is InChI=1S/C17H29N/c1-6-8-16(9-7-10-18)17-14(4)12(2)11-13(3)15(17)5/h11,16H,6-10,18H2,1-5H3. The van der Waals surface area contributed by atoms with Crippen LogP contribution in [0.3, 0.4) is 0 Å². The molecule has 0 spiro atoms. The van der Waals surface area contributed by atoms with Crippen LogP contribution < -0.4 is 5.73 Å². The number of nitrogens with two attached hydrogens (primary N) is 1. The molecule has 1 atom stereocenters. The van der Waals surface area contributed by atoms with Crippen LogP contribution in [-0.4, -0.2) is 6.54 Å². The van der Waals surface area contributed by atoms with E-state index in [0.717, 1.165) is 13.0 Å². The lowest BCUT2D eigenvalue weighted by Crippen LogP contribution is -2.09. The molecule has 0 aliphatic rings. The average molecular weight is 247 g/mol. The summed E-state index contributed by atoms with van der Waals surface area (Å²) in [7, 11) is 0. The fourth-order valence-electron chi connectivity index (χ4n) is 3.01. The lowest BCUT2D eigenvalue weighted by Gasteiger charge is -2.24. The van der Waals surface area contributed by atoms with Crippen molar-refractivity contribution in [2.24, 2.45) is 5.73 Å². The summed E-state index contributed by atoms with van der Waals surface area (Å²) in [6, 6.07) is 2.32. The molecule has 0 saturated carbocycles. The van der Waals surface area contributed by atoms with Gasteiger partial charge >= 0.3 is 0 Å². The molecule has 2 N–H and O–H groups in total. The van der Waals surface area contributed by atoms with Crippen molar-refractivity contribution in [3.63, 3.8) is 0 Å². The summed E-state index contributed by atoms with van der Waals surface area (Å²) >= 11 is 0. The van der Waals surface area contributed by atoms with Crippen LogP contribution in [0.1, 0.15) is 66.3 Å². The van der Waals surface area contributed by atoms with Crippen molar-refractivity contribution in [2.75, 3.05) is 6.54 Å². The van der Waals surface area contributed by atoms with Gasteiger partial charge in [-0.3, -0.25) is 0 Å².